The molecule has 0 aliphatic carbocycles. The van der Waals surface area contributed by atoms with Crippen molar-refractivity contribution in [2.45, 2.75) is 0 Å². The highest BCUT2D eigenvalue weighted by Gasteiger charge is 2.24. The first-order valence-corrected chi connectivity index (χ1v) is 17.5. The van der Waals surface area contributed by atoms with Crippen molar-refractivity contribution in [1.82, 2.24) is 0 Å². The molecular formula is C48H29NO3. The zero-order valence-corrected chi connectivity index (χ0v) is 27.9. The second-order valence-corrected chi connectivity index (χ2v) is 13.2. The molecule has 11 aromatic rings. The molecule has 0 amide bonds. The molecule has 52 heavy (non-hydrogen) atoms. The number of fused-ring (bicyclic) bond motifs is 9. The van der Waals surface area contributed by atoms with Gasteiger partial charge in [0.1, 0.15) is 27.9 Å². The van der Waals surface area contributed by atoms with Gasteiger partial charge in [0.05, 0.1) is 5.69 Å². The van der Waals surface area contributed by atoms with Crippen molar-refractivity contribution >= 4 is 82.9 Å². The van der Waals surface area contributed by atoms with E-state index in [0.717, 1.165) is 99.6 Å². The number of para-hydroxylation sites is 3. The number of hydrogen-bond donors (Lipinski definition) is 0. The third-order valence-corrected chi connectivity index (χ3v) is 10.3. The topological polar surface area (TPSA) is 42.7 Å². The van der Waals surface area contributed by atoms with Gasteiger partial charge in [-0.05, 0) is 71.3 Å². The maximum atomic E-state index is 6.81. The van der Waals surface area contributed by atoms with Gasteiger partial charge in [-0.1, -0.05) is 121 Å². The predicted octanol–water partition coefficient (Wildman–Crippen LogP) is 14.2. The number of benzene rings is 8. The first-order valence-electron chi connectivity index (χ1n) is 17.5. The van der Waals surface area contributed by atoms with Gasteiger partial charge in [-0.2, -0.15) is 0 Å². The first-order chi connectivity index (χ1) is 25.8. The van der Waals surface area contributed by atoms with E-state index in [1.165, 1.54) is 5.56 Å². The van der Waals surface area contributed by atoms with E-state index in [9.17, 15) is 0 Å². The van der Waals surface area contributed by atoms with E-state index in [1.807, 2.05) is 36.4 Å². The van der Waals surface area contributed by atoms with Crippen LogP contribution in [0, 0.1) is 0 Å². The Morgan fingerprint density at radius 2 is 0.923 bits per heavy atom. The van der Waals surface area contributed by atoms with Crippen molar-refractivity contribution in [2.24, 2.45) is 0 Å². The molecule has 0 aliphatic heterocycles. The zero-order valence-electron chi connectivity index (χ0n) is 27.9. The van der Waals surface area contributed by atoms with Gasteiger partial charge >= 0.3 is 0 Å². The van der Waals surface area contributed by atoms with Gasteiger partial charge in [-0.3, -0.25) is 0 Å². The Balaban J connectivity index is 1.17. The molecule has 0 fully saturated rings. The van der Waals surface area contributed by atoms with E-state index < -0.39 is 0 Å². The third-order valence-electron chi connectivity index (χ3n) is 10.3. The summed E-state index contributed by atoms with van der Waals surface area (Å²) in [5.74, 6) is 0. The standard InChI is InChI=1S/C48H29NO3/c1-3-12-30(13-4-1)31-22-24-33(25-23-31)49(40-19-11-18-36-35-16-7-9-20-41(35)51-47(36)40)34-26-27-43-38(28-34)39-29-44-46(37-17-8-10-21-42(37)50-44)45(48(39)52-43)32-14-5-2-6-15-32/h1-29H. The number of furan rings is 3. The molecule has 0 saturated heterocycles. The van der Waals surface area contributed by atoms with E-state index in [2.05, 4.69) is 144 Å². The Morgan fingerprint density at radius 1 is 0.327 bits per heavy atom. The molecular weight excluding hydrogens is 639 g/mol. The highest BCUT2D eigenvalue weighted by Crippen LogP contribution is 2.47. The van der Waals surface area contributed by atoms with Gasteiger partial charge in [0.2, 0.25) is 0 Å². The first kappa shape index (κ1) is 28.8. The van der Waals surface area contributed by atoms with E-state index >= 15 is 0 Å². The molecule has 3 heterocycles. The number of anilines is 3. The monoisotopic (exact) mass is 667 g/mol. The lowest BCUT2D eigenvalue weighted by Gasteiger charge is -2.26. The third kappa shape index (κ3) is 4.34. The molecule has 4 heteroatoms. The fourth-order valence-corrected chi connectivity index (χ4v) is 7.89. The molecule has 0 unspecified atom stereocenters. The van der Waals surface area contributed by atoms with Crippen molar-refractivity contribution in [1.29, 1.82) is 0 Å². The summed E-state index contributed by atoms with van der Waals surface area (Å²) in [4.78, 5) is 2.29. The van der Waals surface area contributed by atoms with E-state index in [4.69, 9.17) is 13.3 Å². The smallest absolute Gasteiger partial charge is 0.159 e. The average molecular weight is 668 g/mol. The molecule has 0 aliphatic rings. The Bertz CT molecular complexity index is 3110. The summed E-state index contributed by atoms with van der Waals surface area (Å²) in [6.07, 6.45) is 0. The number of nitrogens with zero attached hydrogens (tertiary/aromatic N) is 1. The molecule has 0 saturated carbocycles. The van der Waals surface area contributed by atoms with E-state index in [0.29, 0.717) is 0 Å². The predicted molar refractivity (Wildman–Crippen MR) is 214 cm³/mol. The van der Waals surface area contributed by atoms with Crippen LogP contribution in [0.5, 0.6) is 0 Å². The Labute approximate surface area is 298 Å². The molecule has 3 aromatic heterocycles. The summed E-state index contributed by atoms with van der Waals surface area (Å²) in [6.45, 7) is 0. The maximum Gasteiger partial charge on any atom is 0.159 e. The van der Waals surface area contributed by atoms with Crippen LogP contribution in [-0.4, -0.2) is 0 Å². The summed E-state index contributed by atoms with van der Waals surface area (Å²) >= 11 is 0. The molecule has 244 valence electrons. The zero-order chi connectivity index (χ0) is 34.2. The molecule has 11 rings (SSSR count). The molecule has 4 nitrogen and oxygen atoms in total. The van der Waals surface area contributed by atoms with Crippen LogP contribution in [0.3, 0.4) is 0 Å². The van der Waals surface area contributed by atoms with Crippen LogP contribution in [0.2, 0.25) is 0 Å². The Hall–Kier alpha value is -7.04. The van der Waals surface area contributed by atoms with Gasteiger partial charge in [0, 0.05) is 49.3 Å². The van der Waals surface area contributed by atoms with Crippen LogP contribution >= 0.6 is 0 Å². The second-order valence-electron chi connectivity index (χ2n) is 13.2. The maximum absolute atomic E-state index is 6.81. The lowest BCUT2D eigenvalue weighted by molar-refractivity contribution is 0.664. The highest BCUT2D eigenvalue weighted by atomic mass is 16.3. The minimum atomic E-state index is 0.814. The van der Waals surface area contributed by atoms with Crippen LogP contribution in [0.15, 0.2) is 189 Å². The average Bonchev–Trinajstić information content (AvgIpc) is 3.89. The molecule has 0 bridgehead atoms. The van der Waals surface area contributed by atoms with Crippen molar-refractivity contribution in [3.05, 3.63) is 176 Å². The number of hydrogen-bond acceptors (Lipinski definition) is 4. The molecule has 0 atom stereocenters. The van der Waals surface area contributed by atoms with Gasteiger partial charge < -0.3 is 18.2 Å². The normalized spacial score (nSPS) is 11.8. The van der Waals surface area contributed by atoms with Crippen LogP contribution in [0.4, 0.5) is 17.1 Å². The van der Waals surface area contributed by atoms with Crippen molar-refractivity contribution in [2.75, 3.05) is 4.90 Å². The fraction of sp³-hybridized carbons (Fsp3) is 0. The minimum absolute atomic E-state index is 0.814. The SMILES string of the molecule is c1ccc(-c2ccc(N(c3ccc4oc5c(-c6ccccc6)c6c(cc5c4c3)oc3ccccc36)c3cccc4c3oc3ccccc34)cc2)cc1. The van der Waals surface area contributed by atoms with Gasteiger partial charge in [-0.15, -0.1) is 0 Å². The lowest BCUT2D eigenvalue weighted by Crippen LogP contribution is -2.10. The quantitative estimate of drug-likeness (QED) is 0.183. The molecule has 0 radical (unpaired) electrons. The van der Waals surface area contributed by atoms with Crippen LogP contribution in [0.25, 0.3) is 88.1 Å². The number of rotatable bonds is 5. The fourth-order valence-electron chi connectivity index (χ4n) is 7.89. The minimum Gasteiger partial charge on any atom is -0.456 e. The van der Waals surface area contributed by atoms with Gasteiger partial charge in [-0.25, -0.2) is 0 Å². The largest absolute Gasteiger partial charge is 0.456 e. The lowest BCUT2D eigenvalue weighted by atomic mass is 9.96. The summed E-state index contributed by atoms with van der Waals surface area (Å²) < 4.78 is 19.9. The van der Waals surface area contributed by atoms with Crippen molar-refractivity contribution in [3.63, 3.8) is 0 Å². The Morgan fingerprint density at radius 3 is 1.71 bits per heavy atom. The highest BCUT2D eigenvalue weighted by molar-refractivity contribution is 6.24. The van der Waals surface area contributed by atoms with E-state index in [1.54, 1.807) is 0 Å². The van der Waals surface area contributed by atoms with Crippen molar-refractivity contribution in [3.8, 4) is 22.3 Å². The molecule has 8 aromatic carbocycles. The summed E-state index contributed by atoms with van der Waals surface area (Å²) in [5.41, 5.74) is 12.5. The Kier molecular flexibility index (Phi) is 6.22. The second kappa shape index (κ2) is 11.2. The van der Waals surface area contributed by atoms with Crippen LogP contribution in [0.1, 0.15) is 0 Å². The van der Waals surface area contributed by atoms with Gasteiger partial charge in [0.15, 0.2) is 5.58 Å². The van der Waals surface area contributed by atoms with Gasteiger partial charge in [0.25, 0.3) is 0 Å². The van der Waals surface area contributed by atoms with Crippen molar-refractivity contribution < 1.29 is 13.3 Å². The molecule has 0 spiro atoms. The molecule has 0 N–H and O–H groups in total. The summed E-state index contributed by atoms with van der Waals surface area (Å²) in [6, 6.07) is 61.2. The summed E-state index contributed by atoms with van der Waals surface area (Å²) in [5, 5.41) is 6.32. The van der Waals surface area contributed by atoms with Crippen LogP contribution < -0.4 is 4.90 Å². The van der Waals surface area contributed by atoms with Crippen LogP contribution in [-0.2, 0) is 0 Å². The summed E-state index contributed by atoms with van der Waals surface area (Å²) in [7, 11) is 0. The van der Waals surface area contributed by atoms with E-state index in [-0.39, 0.29) is 0 Å².